The number of nitrogens with zero attached hydrogens (tertiary/aromatic N) is 5. The minimum atomic E-state index is 0.000137. The molecule has 8 heteroatoms. The molecule has 0 spiro atoms. The highest BCUT2D eigenvalue weighted by molar-refractivity contribution is 7.15. The van der Waals surface area contributed by atoms with Crippen LogP contribution < -0.4 is 10.2 Å². The Morgan fingerprint density at radius 2 is 1.92 bits per heavy atom. The van der Waals surface area contributed by atoms with E-state index in [1.54, 1.807) is 0 Å². The van der Waals surface area contributed by atoms with Gasteiger partial charge in [0.2, 0.25) is 17.0 Å². The maximum atomic E-state index is 12.5. The van der Waals surface area contributed by atoms with E-state index in [2.05, 4.69) is 37.3 Å². The Kier molecular flexibility index (Phi) is 6.13. The van der Waals surface area contributed by atoms with Gasteiger partial charge in [0.1, 0.15) is 5.01 Å². The predicted molar refractivity (Wildman–Crippen MR) is 104 cm³/mol. The molecule has 2 aromatic heterocycles. The van der Waals surface area contributed by atoms with E-state index in [0.717, 1.165) is 67.5 Å². The standard InChI is InChI=1S/C18H26N6OS/c1-4-5-6-15-22-23-18(26-15)21-16(25)14-7-9-24(10-8-14)17-19-12(2)11-13(3)20-17/h11,14H,4-10H2,1-3H3,(H,21,23,25). The van der Waals surface area contributed by atoms with Gasteiger partial charge in [0, 0.05) is 36.8 Å². The van der Waals surface area contributed by atoms with Crippen molar-refractivity contribution in [3.8, 4) is 0 Å². The third-order valence-corrected chi connectivity index (χ3v) is 5.46. The van der Waals surface area contributed by atoms with Crippen molar-refractivity contribution in [2.45, 2.75) is 52.9 Å². The number of anilines is 2. The number of hydrogen-bond acceptors (Lipinski definition) is 7. The lowest BCUT2D eigenvalue weighted by molar-refractivity contribution is -0.120. The Hall–Kier alpha value is -2.09. The van der Waals surface area contributed by atoms with Crippen molar-refractivity contribution in [1.82, 2.24) is 20.2 Å². The van der Waals surface area contributed by atoms with Crippen molar-refractivity contribution < 1.29 is 4.79 Å². The van der Waals surface area contributed by atoms with Gasteiger partial charge in [-0.3, -0.25) is 4.79 Å². The van der Waals surface area contributed by atoms with E-state index in [4.69, 9.17) is 0 Å². The minimum absolute atomic E-state index is 0.000137. The van der Waals surface area contributed by atoms with Crippen LogP contribution in [0.5, 0.6) is 0 Å². The highest BCUT2D eigenvalue weighted by atomic mass is 32.1. The summed E-state index contributed by atoms with van der Waals surface area (Å²) >= 11 is 1.48. The molecule has 0 atom stereocenters. The average Bonchev–Trinajstić information content (AvgIpc) is 3.06. The molecule has 3 rings (SSSR count). The number of piperidine rings is 1. The molecule has 1 aliphatic rings. The second kappa shape index (κ2) is 8.53. The Morgan fingerprint density at radius 3 is 2.58 bits per heavy atom. The van der Waals surface area contributed by atoms with Crippen molar-refractivity contribution in [1.29, 1.82) is 0 Å². The summed E-state index contributed by atoms with van der Waals surface area (Å²) in [6, 6.07) is 1.97. The Labute approximate surface area is 158 Å². The molecule has 26 heavy (non-hydrogen) atoms. The fraction of sp³-hybridized carbons (Fsp3) is 0.611. The highest BCUT2D eigenvalue weighted by Gasteiger charge is 2.27. The molecule has 0 aliphatic carbocycles. The summed E-state index contributed by atoms with van der Waals surface area (Å²) < 4.78 is 0. The summed E-state index contributed by atoms with van der Waals surface area (Å²) in [6.07, 6.45) is 4.75. The van der Waals surface area contributed by atoms with Gasteiger partial charge >= 0.3 is 0 Å². The molecule has 0 radical (unpaired) electrons. The van der Waals surface area contributed by atoms with Gasteiger partial charge in [-0.1, -0.05) is 24.7 Å². The fourth-order valence-electron chi connectivity index (χ4n) is 3.13. The number of amides is 1. The average molecular weight is 375 g/mol. The third kappa shape index (κ3) is 4.75. The van der Waals surface area contributed by atoms with Crippen LogP contribution in [0, 0.1) is 19.8 Å². The molecule has 3 heterocycles. The molecule has 1 saturated heterocycles. The maximum absolute atomic E-state index is 12.5. The SMILES string of the molecule is CCCCc1nnc(NC(=O)C2CCN(c3nc(C)cc(C)n3)CC2)s1. The molecular formula is C18H26N6OS. The minimum Gasteiger partial charge on any atom is -0.341 e. The summed E-state index contributed by atoms with van der Waals surface area (Å²) in [6.45, 7) is 7.70. The zero-order chi connectivity index (χ0) is 18.5. The molecule has 1 amide bonds. The molecule has 0 aromatic carbocycles. The van der Waals surface area contributed by atoms with Crippen molar-refractivity contribution in [2.24, 2.45) is 5.92 Å². The molecule has 0 unspecified atom stereocenters. The fourth-order valence-corrected chi connectivity index (χ4v) is 3.92. The number of carbonyl (C=O) groups is 1. The number of aromatic nitrogens is 4. The second-order valence-corrected chi connectivity index (χ2v) is 7.87. The largest absolute Gasteiger partial charge is 0.341 e. The maximum Gasteiger partial charge on any atom is 0.229 e. The zero-order valence-electron chi connectivity index (χ0n) is 15.7. The van der Waals surface area contributed by atoms with Gasteiger partial charge in [-0.25, -0.2) is 9.97 Å². The van der Waals surface area contributed by atoms with Crippen molar-refractivity contribution in [3.63, 3.8) is 0 Å². The van der Waals surface area contributed by atoms with Crippen LogP contribution >= 0.6 is 11.3 Å². The van der Waals surface area contributed by atoms with Crippen LogP contribution in [0.3, 0.4) is 0 Å². The number of aryl methyl sites for hydroxylation is 3. The van der Waals surface area contributed by atoms with Crippen LogP contribution in [-0.4, -0.2) is 39.2 Å². The van der Waals surface area contributed by atoms with Crippen LogP contribution in [0.25, 0.3) is 0 Å². The molecule has 1 N–H and O–H groups in total. The van der Waals surface area contributed by atoms with Crippen LogP contribution in [0.15, 0.2) is 6.07 Å². The number of hydrogen-bond donors (Lipinski definition) is 1. The molecule has 1 aliphatic heterocycles. The van der Waals surface area contributed by atoms with Crippen LogP contribution in [0.1, 0.15) is 49.0 Å². The number of rotatable bonds is 6. The summed E-state index contributed by atoms with van der Waals surface area (Å²) in [5.74, 6) is 0.815. The van der Waals surface area contributed by atoms with Crippen LogP contribution in [-0.2, 0) is 11.2 Å². The van der Waals surface area contributed by atoms with Crippen molar-refractivity contribution >= 4 is 28.3 Å². The van der Waals surface area contributed by atoms with E-state index in [-0.39, 0.29) is 11.8 Å². The first kappa shape index (κ1) is 18.7. The van der Waals surface area contributed by atoms with E-state index in [1.807, 2.05) is 19.9 Å². The summed E-state index contributed by atoms with van der Waals surface area (Å²) in [7, 11) is 0. The van der Waals surface area contributed by atoms with Gasteiger partial charge in [0.05, 0.1) is 0 Å². The summed E-state index contributed by atoms with van der Waals surface area (Å²) in [5.41, 5.74) is 1.95. The lowest BCUT2D eigenvalue weighted by atomic mass is 9.96. The van der Waals surface area contributed by atoms with Gasteiger partial charge < -0.3 is 10.2 Å². The molecule has 2 aromatic rings. The van der Waals surface area contributed by atoms with Gasteiger partial charge in [0.15, 0.2) is 0 Å². The highest BCUT2D eigenvalue weighted by Crippen LogP contribution is 2.24. The third-order valence-electron chi connectivity index (χ3n) is 4.56. The van der Waals surface area contributed by atoms with Gasteiger partial charge in [-0.2, -0.15) is 0 Å². The Bertz CT molecular complexity index is 734. The Morgan fingerprint density at radius 1 is 1.23 bits per heavy atom. The smallest absolute Gasteiger partial charge is 0.229 e. The van der Waals surface area contributed by atoms with E-state index in [0.29, 0.717) is 5.13 Å². The molecule has 140 valence electrons. The molecule has 7 nitrogen and oxygen atoms in total. The topological polar surface area (TPSA) is 83.9 Å². The normalized spacial score (nSPS) is 15.3. The number of unbranched alkanes of at least 4 members (excludes halogenated alkanes) is 1. The zero-order valence-corrected chi connectivity index (χ0v) is 16.5. The van der Waals surface area contributed by atoms with Crippen molar-refractivity contribution in [2.75, 3.05) is 23.3 Å². The molecular weight excluding hydrogens is 348 g/mol. The van der Waals surface area contributed by atoms with Gasteiger partial charge in [0.25, 0.3) is 0 Å². The van der Waals surface area contributed by atoms with E-state index in [1.165, 1.54) is 11.3 Å². The quantitative estimate of drug-likeness (QED) is 0.836. The van der Waals surface area contributed by atoms with Crippen LogP contribution in [0.2, 0.25) is 0 Å². The predicted octanol–water partition coefficient (Wildman–Crippen LogP) is 3.14. The Balaban J connectivity index is 1.52. The van der Waals surface area contributed by atoms with Crippen molar-refractivity contribution in [3.05, 3.63) is 22.5 Å². The summed E-state index contributed by atoms with van der Waals surface area (Å²) in [4.78, 5) is 23.7. The summed E-state index contributed by atoms with van der Waals surface area (Å²) in [5, 5.41) is 12.8. The first-order chi connectivity index (χ1) is 12.5. The van der Waals surface area contributed by atoms with E-state index < -0.39 is 0 Å². The monoisotopic (exact) mass is 374 g/mol. The number of nitrogens with one attached hydrogen (secondary N) is 1. The van der Waals surface area contributed by atoms with Gasteiger partial charge in [-0.15, -0.1) is 10.2 Å². The number of carbonyl (C=O) groups excluding carboxylic acids is 1. The van der Waals surface area contributed by atoms with Crippen LogP contribution in [0.4, 0.5) is 11.1 Å². The molecule has 0 bridgehead atoms. The van der Waals surface area contributed by atoms with Gasteiger partial charge in [-0.05, 0) is 39.2 Å². The van der Waals surface area contributed by atoms with E-state index in [9.17, 15) is 4.79 Å². The first-order valence-electron chi connectivity index (χ1n) is 9.25. The first-order valence-corrected chi connectivity index (χ1v) is 10.1. The molecule has 1 fully saturated rings. The molecule has 0 saturated carbocycles. The second-order valence-electron chi connectivity index (χ2n) is 6.81. The lowest BCUT2D eigenvalue weighted by Crippen LogP contribution is -2.39. The van der Waals surface area contributed by atoms with E-state index >= 15 is 0 Å². The lowest BCUT2D eigenvalue weighted by Gasteiger charge is -2.31.